The molecule has 0 fully saturated rings. The fraction of sp³-hybridized carbons (Fsp3) is 0.0278. The third-order valence-corrected chi connectivity index (χ3v) is 16.8. The molecule has 0 saturated carbocycles. The van der Waals surface area contributed by atoms with E-state index in [1.807, 2.05) is 0 Å². The van der Waals surface area contributed by atoms with E-state index >= 15 is 0 Å². The van der Waals surface area contributed by atoms with Crippen molar-refractivity contribution in [2.45, 2.75) is 10.8 Å². The highest BCUT2D eigenvalue weighted by Gasteiger charge is 2.54. The van der Waals surface area contributed by atoms with Gasteiger partial charge >= 0.3 is 0 Å². The van der Waals surface area contributed by atoms with E-state index in [0.29, 0.717) is 0 Å². The van der Waals surface area contributed by atoms with Crippen LogP contribution in [0.4, 0.5) is 34.1 Å². The Morgan fingerprint density at radius 2 is 0.838 bits per heavy atom. The van der Waals surface area contributed by atoms with E-state index in [1.54, 1.807) is 0 Å². The van der Waals surface area contributed by atoms with Crippen molar-refractivity contribution in [1.82, 2.24) is 0 Å². The molecule has 4 aliphatic rings. The number of hydrogen-bond donors (Lipinski definition) is 0. The van der Waals surface area contributed by atoms with Crippen LogP contribution in [-0.2, 0) is 10.8 Å². The van der Waals surface area contributed by atoms with Crippen LogP contribution in [0.5, 0.6) is 0 Å². The first-order valence-corrected chi connectivity index (χ1v) is 25.8. The normalized spacial score (nSPS) is 15.4. The average Bonchev–Trinajstić information content (AvgIpc) is 4.16. The molecule has 1 aliphatic heterocycles. The summed E-state index contributed by atoms with van der Waals surface area (Å²) < 4.78 is 0. The number of benzene rings is 12. The van der Waals surface area contributed by atoms with Crippen LogP contribution in [0.3, 0.4) is 0 Å². The molecule has 0 saturated heterocycles. The van der Waals surface area contributed by atoms with E-state index < -0.39 is 10.8 Å². The molecule has 0 radical (unpaired) electrons. The zero-order valence-corrected chi connectivity index (χ0v) is 40.5. The lowest BCUT2D eigenvalue weighted by molar-refractivity contribution is 0.753. The second kappa shape index (κ2) is 15.5. The van der Waals surface area contributed by atoms with Crippen LogP contribution >= 0.6 is 0 Å². The Morgan fingerprint density at radius 1 is 0.311 bits per heavy atom. The van der Waals surface area contributed by atoms with Crippen molar-refractivity contribution < 1.29 is 0 Å². The predicted octanol–water partition coefficient (Wildman–Crippen LogP) is 18.5. The topological polar surface area (TPSA) is 6.48 Å². The van der Waals surface area contributed by atoms with E-state index in [0.717, 1.165) is 22.7 Å². The van der Waals surface area contributed by atoms with Crippen molar-refractivity contribution in [3.05, 3.63) is 324 Å². The highest BCUT2D eigenvalue weighted by Crippen LogP contribution is 2.68. The van der Waals surface area contributed by atoms with Gasteiger partial charge in [0.25, 0.3) is 0 Å². The Labute approximate surface area is 431 Å². The van der Waals surface area contributed by atoms with Gasteiger partial charge in [-0.05, 0) is 143 Å². The maximum Gasteiger partial charge on any atom is 0.0755 e. The molecule has 2 nitrogen and oxygen atoms in total. The zero-order valence-electron chi connectivity index (χ0n) is 40.5. The molecule has 1 heterocycles. The zero-order chi connectivity index (χ0) is 48.5. The minimum Gasteiger partial charge on any atom is -0.310 e. The molecule has 0 bridgehead atoms. The summed E-state index contributed by atoms with van der Waals surface area (Å²) in [5, 5.41) is 2.39. The summed E-state index contributed by atoms with van der Waals surface area (Å²) in [6.45, 7) is 0. The summed E-state index contributed by atoms with van der Waals surface area (Å²) in [6.07, 6.45) is 0. The first kappa shape index (κ1) is 41.2. The lowest BCUT2D eigenvalue weighted by atomic mass is 9.64. The standard InChI is InChI=1S/C72H46N2/c1-4-22-48(23-5-1)59-44-52(46-65-69(59)58-34-21-41-68-70(58)71(65,49-26-6-2-7-27-49)63-38-18-19-39-67(63)74(68)50-28-8-3-9-29-50)73(66-40-20-25-47-24-10-11-30-53(47)66)51-42-43-57-56-33-14-17-37-62(56)72(64(57)45-51)60-35-15-12-31-54(60)55-32-13-16-36-61(55)72/h1-46H. The second-order valence-electron chi connectivity index (χ2n) is 20.2. The van der Waals surface area contributed by atoms with Crippen LogP contribution in [0.2, 0.25) is 0 Å². The van der Waals surface area contributed by atoms with Gasteiger partial charge in [-0.2, -0.15) is 0 Å². The molecule has 3 aliphatic carbocycles. The largest absolute Gasteiger partial charge is 0.310 e. The highest BCUT2D eigenvalue weighted by atomic mass is 15.2. The minimum absolute atomic E-state index is 0.501. The van der Waals surface area contributed by atoms with Crippen molar-refractivity contribution in [3.63, 3.8) is 0 Å². The summed E-state index contributed by atoms with van der Waals surface area (Å²) in [6, 6.07) is 105. The fourth-order valence-corrected chi connectivity index (χ4v) is 14.1. The molecule has 2 heteroatoms. The lowest BCUT2D eigenvalue weighted by Gasteiger charge is -2.44. The molecule has 12 aromatic rings. The fourth-order valence-electron chi connectivity index (χ4n) is 14.1. The summed E-state index contributed by atoms with van der Waals surface area (Å²) in [7, 11) is 0. The number of hydrogen-bond acceptors (Lipinski definition) is 2. The molecular formula is C72H46N2. The predicted molar refractivity (Wildman–Crippen MR) is 306 cm³/mol. The quantitative estimate of drug-likeness (QED) is 0.164. The second-order valence-corrected chi connectivity index (χ2v) is 20.2. The van der Waals surface area contributed by atoms with Crippen molar-refractivity contribution in [3.8, 4) is 44.5 Å². The summed E-state index contributed by atoms with van der Waals surface area (Å²) in [5.41, 5.74) is 26.2. The molecule has 16 rings (SSSR count). The molecule has 344 valence electrons. The SMILES string of the molecule is c1ccc(-c2cc(N(c3ccc4c(c3)C3(c5ccccc5-c5ccccc53)c3ccccc3-4)c3cccc4ccccc34)cc3c2-c2cccc4c2C3(c2ccccc2)c2ccccc2N4c2ccccc2)cc1. The van der Waals surface area contributed by atoms with Gasteiger partial charge in [-0.15, -0.1) is 0 Å². The van der Waals surface area contributed by atoms with Crippen LogP contribution < -0.4 is 9.80 Å². The van der Waals surface area contributed by atoms with Crippen molar-refractivity contribution >= 4 is 44.9 Å². The first-order chi connectivity index (χ1) is 36.7. The Balaban J connectivity index is 1.04. The molecule has 0 aromatic heterocycles. The molecule has 74 heavy (non-hydrogen) atoms. The van der Waals surface area contributed by atoms with Crippen molar-refractivity contribution in [2.24, 2.45) is 0 Å². The smallest absolute Gasteiger partial charge is 0.0755 e. The van der Waals surface area contributed by atoms with Gasteiger partial charge in [0, 0.05) is 28.0 Å². The van der Waals surface area contributed by atoms with Gasteiger partial charge in [-0.3, -0.25) is 0 Å². The number of fused-ring (bicyclic) bond motifs is 16. The van der Waals surface area contributed by atoms with Gasteiger partial charge in [0.1, 0.15) is 0 Å². The molecule has 1 unspecified atom stereocenters. The number of rotatable bonds is 6. The van der Waals surface area contributed by atoms with Gasteiger partial charge in [-0.1, -0.05) is 224 Å². The minimum atomic E-state index is -0.671. The van der Waals surface area contributed by atoms with Gasteiger partial charge in [0.05, 0.1) is 27.9 Å². The van der Waals surface area contributed by atoms with Crippen LogP contribution in [0.15, 0.2) is 279 Å². The van der Waals surface area contributed by atoms with Gasteiger partial charge in [-0.25, -0.2) is 0 Å². The third kappa shape index (κ3) is 5.33. The Kier molecular flexibility index (Phi) is 8.62. The van der Waals surface area contributed by atoms with E-state index in [1.165, 1.54) is 111 Å². The molecule has 12 aromatic carbocycles. The summed E-state index contributed by atoms with van der Waals surface area (Å²) in [5.74, 6) is 0. The van der Waals surface area contributed by atoms with E-state index in [2.05, 4.69) is 289 Å². The monoisotopic (exact) mass is 938 g/mol. The van der Waals surface area contributed by atoms with Crippen LogP contribution in [0.1, 0.15) is 44.5 Å². The van der Waals surface area contributed by atoms with Crippen LogP contribution in [0.25, 0.3) is 55.3 Å². The number of nitrogens with zero attached hydrogens (tertiary/aromatic N) is 2. The average molecular weight is 939 g/mol. The molecule has 0 N–H and O–H groups in total. The maximum absolute atomic E-state index is 2.58. The maximum atomic E-state index is 2.58. The summed E-state index contributed by atoms with van der Waals surface area (Å²) >= 11 is 0. The first-order valence-electron chi connectivity index (χ1n) is 25.8. The molecule has 1 spiro atoms. The van der Waals surface area contributed by atoms with Crippen molar-refractivity contribution in [2.75, 3.05) is 9.80 Å². The number of para-hydroxylation sites is 2. The van der Waals surface area contributed by atoms with E-state index in [4.69, 9.17) is 0 Å². The highest BCUT2D eigenvalue weighted by molar-refractivity contribution is 6.07. The van der Waals surface area contributed by atoms with E-state index in [-0.39, 0.29) is 0 Å². The Hall–Kier alpha value is -9.50. The molecule has 0 amide bonds. The van der Waals surface area contributed by atoms with Gasteiger partial charge in [0.15, 0.2) is 0 Å². The van der Waals surface area contributed by atoms with E-state index in [9.17, 15) is 0 Å². The van der Waals surface area contributed by atoms with Gasteiger partial charge < -0.3 is 9.80 Å². The Morgan fingerprint density at radius 3 is 1.55 bits per heavy atom. The van der Waals surface area contributed by atoms with Crippen LogP contribution in [0, 0.1) is 0 Å². The molecular weight excluding hydrogens is 893 g/mol. The Bertz CT molecular complexity index is 4200. The molecule has 1 atom stereocenters. The lowest BCUT2D eigenvalue weighted by Crippen LogP contribution is -2.36. The summed E-state index contributed by atoms with van der Waals surface area (Å²) in [4.78, 5) is 5.07. The van der Waals surface area contributed by atoms with Crippen molar-refractivity contribution in [1.29, 1.82) is 0 Å². The number of anilines is 6. The van der Waals surface area contributed by atoms with Gasteiger partial charge in [0.2, 0.25) is 0 Å². The third-order valence-electron chi connectivity index (χ3n) is 16.8. The van der Waals surface area contributed by atoms with Crippen LogP contribution in [-0.4, -0.2) is 0 Å².